The van der Waals surface area contributed by atoms with E-state index in [9.17, 15) is 19.2 Å². The summed E-state index contributed by atoms with van der Waals surface area (Å²) in [5.74, 6) is -4.05. The van der Waals surface area contributed by atoms with Gasteiger partial charge in [0.25, 0.3) is 0 Å². The van der Waals surface area contributed by atoms with E-state index in [-0.39, 0.29) is 11.8 Å². The second kappa shape index (κ2) is 13.1. The lowest BCUT2D eigenvalue weighted by Crippen LogP contribution is -2.43. The molecule has 5 N–H and O–H groups in total. The first-order valence-electron chi connectivity index (χ1n) is 9.29. The summed E-state index contributed by atoms with van der Waals surface area (Å²) in [4.78, 5) is 46.1. The van der Waals surface area contributed by atoms with Gasteiger partial charge in [0, 0.05) is 0 Å². The van der Waals surface area contributed by atoms with Crippen LogP contribution in [0.25, 0.3) is 0 Å². The van der Waals surface area contributed by atoms with Crippen LogP contribution >= 0.6 is 0 Å². The fourth-order valence-corrected chi connectivity index (χ4v) is 1.96. The number of hydrogen-bond acceptors (Lipinski definition) is 9. The fraction of sp³-hybridized carbons (Fsp3) is 0.778. The molecule has 10 nitrogen and oxygen atoms in total. The number of carbonyl (C=O) groups excluding carboxylic acids is 3. The summed E-state index contributed by atoms with van der Waals surface area (Å²) in [6.07, 6.45) is -0.655. The summed E-state index contributed by atoms with van der Waals surface area (Å²) >= 11 is 0. The van der Waals surface area contributed by atoms with E-state index in [0.29, 0.717) is 12.8 Å². The number of carboxylic acid groups (broad SMARTS) is 1. The molecule has 0 spiro atoms. The van der Waals surface area contributed by atoms with Crippen molar-refractivity contribution in [2.75, 3.05) is 13.2 Å². The molecule has 0 radical (unpaired) electrons. The number of ether oxygens (including phenoxy) is 3. The van der Waals surface area contributed by atoms with Gasteiger partial charge in [-0.3, -0.25) is 19.2 Å². The highest BCUT2D eigenvalue weighted by Gasteiger charge is 2.28. The molecular formula is C18H32N2O8. The molecule has 0 aromatic rings. The highest BCUT2D eigenvalue weighted by atomic mass is 16.6. The van der Waals surface area contributed by atoms with Gasteiger partial charge in [0.15, 0.2) is 6.10 Å². The molecule has 28 heavy (non-hydrogen) atoms. The predicted molar refractivity (Wildman–Crippen MR) is 98.9 cm³/mol. The van der Waals surface area contributed by atoms with Crippen LogP contribution in [0.4, 0.5) is 0 Å². The number of carboxylic acids is 1. The van der Waals surface area contributed by atoms with Crippen LogP contribution in [0, 0.1) is 11.8 Å². The third kappa shape index (κ3) is 9.65. The first-order valence-corrected chi connectivity index (χ1v) is 9.29. The molecule has 0 aromatic heterocycles. The Bertz CT molecular complexity index is 540. The molecule has 0 saturated carbocycles. The predicted octanol–water partition coefficient (Wildman–Crippen LogP) is 0.206. The first kappa shape index (κ1) is 25.8. The van der Waals surface area contributed by atoms with E-state index in [2.05, 4.69) is 0 Å². The van der Waals surface area contributed by atoms with Crippen LogP contribution in [0.15, 0.2) is 0 Å². The lowest BCUT2D eigenvalue weighted by atomic mass is 10.0. The van der Waals surface area contributed by atoms with Crippen LogP contribution in [-0.4, -0.2) is 60.4 Å². The van der Waals surface area contributed by atoms with Gasteiger partial charge in [-0.25, -0.2) is 0 Å². The molecule has 162 valence electrons. The van der Waals surface area contributed by atoms with Crippen molar-refractivity contribution in [2.24, 2.45) is 23.3 Å². The zero-order valence-electron chi connectivity index (χ0n) is 16.9. The molecule has 0 aromatic carbocycles. The van der Waals surface area contributed by atoms with Gasteiger partial charge in [-0.1, -0.05) is 40.5 Å². The molecule has 0 saturated heterocycles. The smallest absolute Gasteiger partial charge is 0.323 e. The second-order valence-corrected chi connectivity index (χ2v) is 6.77. The summed E-state index contributed by atoms with van der Waals surface area (Å²) < 4.78 is 15.1. The maximum absolute atomic E-state index is 12.2. The van der Waals surface area contributed by atoms with Gasteiger partial charge in [0.2, 0.25) is 0 Å². The fourth-order valence-electron chi connectivity index (χ4n) is 1.96. The van der Waals surface area contributed by atoms with Gasteiger partial charge >= 0.3 is 23.9 Å². The van der Waals surface area contributed by atoms with Gasteiger partial charge < -0.3 is 30.8 Å². The van der Waals surface area contributed by atoms with Crippen molar-refractivity contribution in [1.82, 2.24) is 0 Å². The zero-order valence-corrected chi connectivity index (χ0v) is 16.9. The Hall–Kier alpha value is -2.20. The SMILES string of the molecule is CCC(C)[C@H](N)C(=O)OCC(COC(=O)CC(=O)O)OC(=O)[C@@H](N)C(C)CC. The lowest BCUT2D eigenvalue weighted by molar-refractivity contribution is -0.170. The molecule has 0 amide bonds. The van der Waals surface area contributed by atoms with Crippen LogP contribution in [0.2, 0.25) is 0 Å². The minimum atomic E-state index is -1.36. The maximum atomic E-state index is 12.2. The van der Waals surface area contributed by atoms with Crippen LogP contribution in [-0.2, 0) is 33.4 Å². The van der Waals surface area contributed by atoms with Crippen molar-refractivity contribution in [3.05, 3.63) is 0 Å². The number of carbonyl (C=O) groups is 4. The molecule has 0 aliphatic rings. The Balaban J connectivity index is 4.92. The van der Waals surface area contributed by atoms with E-state index < -0.39 is 61.7 Å². The molecule has 0 heterocycles. The van der Waals surface area contributed by atoms with E-state index >= 15 is 0 Å². The molecule has 10 heteroatoms. The summed E-state index contributed by atoms with van der Waals surface area (Å²) in [6.45, 7) is 6.43. The topological polar surface area (TPSA) is 168 Å². The quantitative estimate of drug-likeness (QED) is 0.219. The molecule has 3 unspecified atom stereocenters. The number of aliphatic carboxylic acids is 1. The lowest BCUT2D eigenvalue weighted by Gasteiger charge is -2.23. The molecule has 0 rings (SSSR count). The van der Waals surface area contributed by atoms with Crippen LogP contribution in [0.3, 0.4) is 0 Å². The summed E-state index contributed by atoms with van der Waals surface area (Å²) in [6, 6.07) is -1.75. The Kier molecular flexibility index (Phi) is 12.0. The summed E-state index contributed by atoms with van der Waals surface area (Å²) in [5, 5.41) is 8.58. The molecule has 0 aliphatic carbocycles. The van der Waals surface area contributed by atoms with Crippen molar-refractivity contribution in [3.8, 4) is 0 Å². The van der Waals surface area contributed by atoms with Crippen LogP contribution in [0.1, 0.15) is 47.0 Å². The Labute approximate surface area is 164 Å². The standard InChI is InChI=1S/C18H32N2O8/c1-5-10(3)15(19)17(24)27-9-12(8-26-14(23)7-13(21)22)28-18(25)16(20)11(4)6-2/h10-12,15-16H,5-9,19-20H2,1-4H3,(H,21,22)/t10?,11?,12?,15-,16-/m0/s1. The highest BCUT2D eigenvalue weighted by Crippen LogP contribution is 2.10. The molecule has 0 fully saturated rings. The molecule has 5 atom stereocenters. The Morgan fingerprint density at radius 2 is 1.32 bits per heavy atom. The van der Waals surface area contributed by atoms with Crippen molar-refractivity contribution in [1.29, 1.82) is 0 Å². The number of rotatable bonds is 13. The van der Waals surface area contributed by atoms with Crippen molar-refractivity contribution < 1.29 is 38.5 Å². The third-order valence-electron chi connectivity index (χ3n) is 4.48. The van der Waals surface area contributed by atoms with Crippen molar-refractivity contribution in [3.63, 3.8) is 0 Å². The first-order chi connectivity index (χ1) is 13.0. The van der Waals surface area contributed by atoms with Gasteiger partial charge in [-0.05, 0) is 11.8 Å². The number of nitrogens with two attached hydrogens (primary N) is 2. The molecular weight excluding hydrogens is 372 g/mol. The average molecular weight is 404 g/mol. The minimum Gasteiger partial charge on any atom is -0.481 e. The third-order valence-corrected chi connectivity index (χ3v) is 4.48. The summed E-state index contributed by atoms with van der Waals surface area (Å²) in [7, 11) is 0. The van der Waals surface area contributed by atoms with Crippen molar-refractivity contribution in [2.45, 2.75) is 65.1 Å². The van der Waals surface area contributed by atoms with Crippen LogP contribution < -0.4 is 11.5 Å². The van der Waals surface area contributed by atoms with Crippen LogP contribution in [0.5, 0.6) is 0 Å². The largest absolute Gasteiger partial charge is 0.481 e. The van der Waals surface area contributed by atoms with Gasteiger partial charge in [0.05, 0.1) is 0 Å². The van der Waals surface area contributed by atoms with E-state index in [1.165, 1.54) is 0 Å². The number of esters is 3. The zero-order chi connectivity index (χ0) is 21.9. The Morgan fingerprint density at radius 3 is 1.79 bits per heavy atom. The van der Waals surface area contributed by atoms with E-state index in [1.807, 2.05) is 13.8 Å². The summed E-state index contributed by atoms with van der Waals surface area (Å²) in [5.41, 5.74) is 11.6. The molecule has 0 bridgehead atoms. The highest BCUT2D eigenvalue weighted by molar-refractivity contribution is 5.90. The van der Waals surface area contributed by atoms with E-state index in [0.717, 1.165) is 0 Å². The van der Waals surface area contributed by atoms with Crippen molar-refractivity contribution >= 4 is 23.9 Å². The second-order valence-electron chi connectivity index (χ2n) is 6.77. The van der Waals surface area contributed by atoms with E-state index in [1.54, 1.807) is 13.8 Å². The normalized spacial score (nSPS) is 16.2. The van der Waals surface area contributed by atoms with Gasteiger partial charge in [0.1, 0.15) is 31.7 Å². The Morgan fingerprint density at radius 1 is 0.857 bits per heavy atom. The van der Waals surface area contributed by atoms with Gasteiger partial charge in [-0.15, -0.1) is 0 Å². The maximum Gasteiger partial charge on any atom is 0.323 e. The number of hydrogen-bond donors (Lipinski definition) is 3. The van der Waals surface area contributed by atoms with E-state index in [4.69, 9.17) is 30.8 Å². The monoisotopic (exact) mass is 404 g/mol. The minimum absolute atomic E-state index is 0.110. The molecule has 0 aliphatic heterocycles. The average Bonchev–Trinajstić information content (AvgIpc) is 2.66. The van der Waals surface area contributed by atoms with Gasteiger partial charge in [-0.2, -0.15) is 0 Å².